The number of anilines is 1. The third-order valence-electron chi connectivity index (χ3n) is 5.15. The van der Waals surface area contributed by atoms with Crippen LogP contribution in [0.15, 0.2) is 48.5 Å². The molecule has 1 amide bonds. The highest BCUT2D eigenvalue weighted by atomic mass is 35.5. The Bertz CT molecular complexity index is 912. The van der Waals surface area contributed by atoms with Gasteiger partial charge in [0.1, 0.15) is 0 Å². The highest BCUT2D eigenvalue weighted by molar-refractivity contribution is 7.92. The van der Waals surface area contributed by atoms with Gasteiger partial charge in [-0.2, -0.15) is 0 Å². The zero-order valence-corrected chi connectivity index (χ0v) is 19.5. The van der Waals surface area contributed by atoms with Crippen LogP contribution in [-0.4, -0.2) is 27.1 Å². The van der Waals surface area contributed by atoms with Gasteiger partial charge in [-0.05, 0) is 54.3 Å². The van der Waals surface area contributed by atoms with Gasteiger partial charge in [0, 0.05) is 17.1 Å². The molecule has 0 fully saturated rings. The van der Waals surface area contributed by atoms with Crippen LogP contribution in [0.3, 0.4) is 0 Å². The summed E-state index contributed by atoms with van der Waals surface area (Å²) in [6.07, 6.45) is 5.63. The number of carbonyl (C=O) groups excluding carboxylic acids is 1. The molecule has 0 radical (unpaired) electrons. The van der Waals surface area contributed by atoms with E-state index in [1.165, 1.54) is 10.6 Å². The van der Waals surface area contributed by atoms with Crippen molar-refractivity contribution in [1.29, 1.82) is 0 Å². The van der Waals surface area contributed by atoms with Crippen molar-refractivity contribution in [3.05, 3.63) is 64.7 Å². The summed E-state index contributed by atoms with van der Waals surface area (Å²) in [5.41, 5.74) is 1.85. The molecular weight excluding hydrogens is 420 g/mol. The number of hydrogen-bond acceptors (Lipinski definition) is 3. The third kappa shape index (κ3) is 7.33. The largest absolute Gasteiger partial charge is 0.352 e. The van der Waals surface area contributed by atoms with Crippen LogP contribution in [0.1, 0.15) is 55.5 Å². The summed E-state index contributed by atoms with van der Waals surface area (Å²) in [7, 11) is -3.49. The van der Waals surface area contributed by atoms with Crippen LogP contribution in [-0.2, 0) is 16.6 Å². The smallest absolute Gasteiger partial charge is 0.251 e. The summed E-state index contributed by atoms with van der Waals surface area (Å²) in [6.45, 7) is 5.15. The maximum atomic E-state index is 12.5. The summed E-state index contributed by atoms with van der Waals surface area (Å²) in [5, 5.41) is 3.60. The highest BCUT2D eigenvalue weighted by Crippen LogP contribution is 2.22. The molecule has 5 nitrogen and oxygen atoms in total. The summed E-state index contributed by atoms with van der Waals surface area (Å²) in [5.74, 6) is 0.341. The Morgan fingerprint density at radius 2 is 1.70 bits per heavy atom. The number of nitrogens with one attached hydrogen (secondary N) is 1. The van der Waals surface area contributed by atoms with Crippen molar-refractivity contribution in [1.82, 2.24) is 5.32 Å². The molecule has 2 rings (SSSR count). The predicted octanol–water partition coefficient (Wildman–Crippen LogP) is 5.25. The first kappa shape index (κ1) is 24.2. The van der Waals surface area contributed by atoms with Gasteiger partial charge in [-0.25, -0.2) is 8.42 Å². The monoisotopic (exact) mass is 450 g/mol. The van der Waals surface area contributed by atoms with Gasteiger partial charge in [-0.15, -0.1) is 0 Å². The topological polar surface area (TPSA) is 66.5 Å². The zero-order chi connectivity index (χ0) is 22.1. The van der Waals surface area contributed by atoms with E-state index in [1.807, 2.05) is 0 Å². The van der Waals surface area contributed by atoms with Gasteiger partial charge in [0.05, 0.1) is 18.5 Å². The molecule has 30 heavy (non-hydrogen) atoms. The molecule has 0 aromatic heterocycles. The molecule has 1 atom stereocenters. The van der Waals surface area contributed by atoms with Gasteiger partial charge in [0.15, 0.2) is 0 Å². The molecule has 7 heteroatoms. The van der Waals surface area contributed by atoms with Crippen LogP contribution in [0.25, 0.3) is 0 Å². The Morgan fingerprint density at radius 3 is 2.23 bits per heavy atom. The molecule has 164 valence electrons. The van der Waals surface area contributed by atoms with Gasteiger partial charge < -0.3 is 5.32 Å². The van der Waals surface area contributed by atoms with Crippen molar-refractivity contribution in [2.24, 2.45) is 5.92 Å². The molecule has 0 saturated heterocycles. The predicted molar refractivity (Wildman–Crippen MR) is 125 cm³/mol. The average Bonchev–Trinajstić information content (AvgIpc) is 2.72. The molecule has 0 aliphatic rings. The summed E-state index contributed by atoms with van der Waals surface area (Å²) in [4.78, 5) is 12.5. The van der Waals surface area contributed by atoms with Crippen LogP contribution in [0.2, 0.25) is 5.02 Å². The first-order valence-corrected chi connectivity index (χ1v) is 12.6. The van der Waals surface area contributed by atoms with Gasteiger partial charge in [0.25, 0.3) is 5.91 Å². The molecule has 0 unspecified atom stereocenters. The van der Waals surface area contributed by atoms with E-state index in [4.69, 9.17) is 11.6 Å². The zero-order valence-electron chi connectivity index (χ0n) is 17.9. The number of halogens is 1. The van der Waals surface area contributed by atoms with Crippen molar-refractivity contribution < 1.29 is 13.2 Å². The lowest BCUT2D eigenvalue weighted by Crippen LogP contribution is -2.30. The lowest BCUT2D eigenvalue weighted by atomic mass is 9.99. The first-order chi connectivity index (χ1) is 14.2. The number of nitrogens with zero attached hydrogens (tertiary/aromatic N) is 1. The van der Waals surface area contributed by atoms with Crippen molar-refractivity contribution in [2.45, 2.75) is 46.1 Å². The molecule has 0 bridgehead atoms. The molecule has 2 aromatic rings. The SMILES string of the molecule is CCCC[C@@H](CC)CNC(=O)c1ccc(N(Cc2ccc(Cl)cc2)S(C)(=O)=O)cc1. The Balaban J connectivity index is 2.08. The number of sulfonamides is 1. The molecule has 0 aliphatic carbocycles. The molecule has 1 N–H and O–H groups in total. The standard InChI is InChI=1S/C23H31ClN2O3S/c1-4-6-7-18(5-2)16-25-23(27)20-10-14-22(15-11-20)26(30(3,28)29)17-19-8-12-21(24)13-9-19/h8-15,18H,4-7,16-17H2,1-3H3,(H,25,27)/t18-/m1/s1. The average molecular weight is 451 g/mol. The number of hydrogen-bond donors (Lipinski definition) is 1. The Labute approximate surface area is 185 Å². The van der Waals surface area contributed by atoms with E-state index in [1.54, 1.807) is 48.5 Å². The summed E-state index contributed by atoms with van der Waals surface area (Å²) in [6, 6.07) is 13.7. The maximum Gasteiger partial charge on any atom is 0.251 e. The molecular formula is C23H31ClN2O3S. The maximum absolute atomic E-state index is 12.5. The number of benzene rings is 2. The third-order valence-corrected chi connectivity index (χ3v) is 6.54. The lowest BCUT2D eigenvalue weighted by Gasteiger charge is -2.23. The molecule has 0 heterocycles. The second kappa shape index (κ2) is 11.4. The van der Waals surface area contributed by atoms with Crippen LogP contribution < -0.4 is 9.62 Å². The van der Waals surface area contributed by atoms with Crippen molar-refractivity contribution in [2.75, 3.05) is 17.1 Å². The normalized spacial score (nSPS) is 12.4. The number of rotatable bonds is 11. The highest BCUT2D eigenvalue weighted by Gasteiger charge is 2.18. The number of amides is 1. The van der Waals surface area contributed by atoms with E-state index < -0.39 is 10.0 Å². The van der Waals surface area contributed by atoms with E-state index in [2.05, 4.69) is 19.2 Å². The first-order valence-electron chi connectivity index (χ1n) is 10.3. The Kier molecular flexibility index (Phi) is 9.18. The van der Waals surface area contributed by atoms with Gasteiger partial charge in [-0.1, -0.05) is 56.8 Å². The van der Waals surface area contributed by atoms with Crippen LogP contribution in [0.5, 0.6) is 0 Å². The fourth-order valence-corrected chi connectivity index (χ4v) is 4.23. The fraction of sp³-hybridized carbons (Fsp3) is 0.435. The minimum Gasteiger partial charge on any atom is -0.352 e. The van der Waals surface area contributed by atoms with Crippen LogP contribution in [0, 0.1) is 5.92 Å². The Morgan fingerprint density at radius 1 is 1.07 bits per heavy atom. The van der Waals surface area contributed by atoms with Crippen molar-refractivity contribution in [3.63, 3.8) is 0 Å². The minimum absolute atomic E-state index is 0.139. The minimum atomic E-state index is -3.49. The number of unbranched alkanes of at least 4 members (excludes halogenated alkanes) is 1. The molecule has 2 aromatic carbocycles. The molecule has 0 aliphatic heterocycles. The van der Waals surface area contributed by atoms with E-state index in [0.29, 0.717) is 28.7 Å². The Hall–Kier alpha value is -2.05. The van der Waals surface area contributed by atoms with Crippen molar-refractivity contribution >= 4 is 33.2 Å². The second-order valence-electron chi connectivity index (χ2n) is 7.57. The quantitative estimate of drug-likeness (QED) is 0.508. The van der Waals surface area contributed by atoms with E-state index in [9.17, 15) is 13.2 Å². The molecule has 0 saturated carbocycles. The van der Waals surface area contributed by atoms with E-state index in [-0.39, 0.29) is 12.5 Å². The van der Waals surface area contributed by atoms with Crippen molar-refractivity contribution in [3.8, 4) is 0 Å². The molecule has 0 spiro atoms. The number of carbonyl (C=O) groups is 1. The van der Waals surface area contributed by atoms with E-state index in [0.717, 1.165) is 31.2 Å². The van der Waals surface area contributed by atoms with Crippen LogP contribution in [0.4, 0.5) is 5.69 Å². The summed E-state index contributed by atoms with van der Waals surface area (Å²) < 4.78 is 26.0. The van der Waals surface area contributed by atoms with Crippen LogP contribution >= 0.6 is 11.6 Å². The fourth-order valence-electron chi connectivity index (χ4n) is 3.22. The van der Waals surface area contributed by atoms with Gasteiger partial charge >= 0.3 is 0 Å². The van der Waals surface area contributed by atoms with Gasteiger partial charge in [0.2, 0.25) is 10.0 Å². The second-order valence-corrected chi connectivity index (χ2v) is 9.91. The van der Waals surface area contributed by atoms with E-state index >= 15 is 0 Å². The lowest BCUT2D eigenvalue weighted by molar-refractivity contribution is 0.0946. The summed E-state index contributed by atoms with van der Waals surface area (Å²) >= 11 is 5.91. The van der Waals surface area contributed by atoms with Gasteiger partial charge in [-0.3, -0.25) is 9.10 Å².